The monoisotopic (exact) mass is 402 g/mol. The number of aromatic nitrogens is 1. The van der Waals surface area contributed by atoms with Crippen molar-refractivity contribution >= 4 is 33.9 Å². The van der Waals surface area contributed by atoms with Crippen molar-refractivity contribution in [2.45, 2.75) is 59.4 Å². The molecule has 0 aromatic carbocycles. The van der Waals surface area contributed by atoms with Crippen molar-refractivity contribution in [1.29, 1.82) is 0 Å². The van der Waals surface area contributed by atoms with Crippen LogP contribution in [0.15, 0.2) is 16.7 Å². The van der Waals surface area contributed by atoms with Crippen molar-refractivity contribution in [3.05, 3.63) is 22.3 Å². The highest BCUT2D eigenvalue weighted by atomic mass is 79.9. The molecule has 0 atom stereocenters. The zero-order valence-corrected chi connectivity index (χ0v) is 16.3. The van der Waals surface area contributed by atoms with Gasteiger partial charge in [0.1, 0.15) is 17.0 Å². The van der Waals surface area contributed by atoms with Crippen molar-refractivity contribution in [3.8, 4) is 0 Å². The number of aliphatic hydroxyl groups excluding tert-OH is 1. The van der Waals surface area contributed by atoms with Crippen molar-refractivity contribution < 1.29 is 24.2 Å². The van der Waals surface area contributed by atoms with E-state index in [0.29, 0.717) is 14.9 Å². The van der Waals surface area contributed by atoms with Gasteiger partial charge < -0.3 is 14.6 Å². The third-order valence-corrected chi connectivity index (χ3v) is 3.19. The number of carbonyl (C=O) groups is 2. The van der Waals surface area contributed by atoms with Crippen LogP contribution in [0.1, 0.15) is 47.1 Å². The predicted octanol–water partition coefficient (Wildman–Crippen LogP) is 4.01. The number of nitrogens with zero attached hydrogens (tertiary/aromatic N) is 2. The highest BCUT2D eigenvalue weighted by Gasteiger charge is 2.33. The fourth-order valence-corrected chi connectivity index (χ4v) is 1.93. The predicted molar refractivity (Wildman–Crippen MR) is 92.8 cm³/mol. The van der Waals surface area contributed by atoms with Gasteiger partial charge in [0.25, 0.3) is 0 Å². The minimum atomic E-state index is -0.907. The second-order valence-corrected chi connectivity index (χ2v) is 7.94. The lowest BCUT2D eigenvalue weighted by molar-refractivity contribution is 0.0429. The second kappa shape index (κ2) is 7.48. The largest absolute Gasteiger partial charge is 0.443 e. The van der Waals surface area contributed by atoms with Crippen molar-refractivity contribution in [3.63, 3.8) is 0 Å². The van der Waals surface area contributed by atoms with E-state index in [9.17, 15) is 14.7 Å². The maximum atomic E-state index is 12.5. The maximum Gasteiger partial charge on any atom is 0.425 e. The van der Waals surface area contributed by atoms with E-state index >= 15 is 0 Å². The molecule has 0 spiro atoms. The molecule has 0 aliphatic heterocycles. The van der Waals surface area contributed by atoms with Crippen molar-refractivity contribution in [2.75, 3.05) is 4.90 Å². The lowest BCUT2D eigenvalue weighted by Crippen LogP contribution is -2.44. The molecule has 1 N–H and O–H groups in total. The molecule has 0 saturated heterocycles. The number of hydrogen-bond donors (Lipinski definition) is 1. The first-order valence-electron chi connectivity index (χ1n) is 7.35. The molecular weight excluding hydrogens is 380 g/mol. The molecule has 0 radical (unpaired) electrons. The number of halogens is 1. The van der Waals surface area contributed by atoms with Gasteiger partial charge in [-0.05, 0) is 69.1 Å². The molecule has 0 fully saturated rings. The van der Waals surface area contributed by atoms with Gasteiger partial charge >= 0.3 is 12.2 Å². The van der Waals surface area contributed by atoms with E-state index in [1.807, 2.05) is 0 Å². The fraction of sp³-hybridized carbons (Fsp3) is 0.562. The van der Waals surface area contributed by atoms with Gasteiger partial charge in [0, 0.05) is 10.7 Å². The number of imide groups is 1. The number of anilines is 1. The average Bonchev–Trinajstić information content (AvgIpc) is 2.36. The first-order chi connectivity index (χ1) is 10.8. The molecule has 8 heteroatoms. The smallest absolute Gasteiger partial charge is 0.425 e. The van der Waals surface area contributed by atoms with Crippen LogP contribution >= 0.6 is 15.9 Å². The van der Waals surface area contributed by atoms with Gasteiger partial charge in [0.15, 0.2) is 0 Å². The summed E-state index contributed by atoms with van der Waals surface area (Å²) in [5, 5.41) is 9.37. The molecule has 1 aromatic heterocycles. The Kier molecular flexibility index (Phi) is 6.35. The maximum absolute atomic E-state index is 12.5. The summed E-state index contributed by atoms with van der Waals surface area (Å²) in [6.07, 6.45) is -0.422. The molecular formula is C16H23BrN2O5. The minimum absolute atomic E-state index is 0.00532. The number of carbonyl (C=O) groups excluding carboxylic acids is 2. The van der Waals surface area contributed by atoms with Crippen LogP contribution in [0, 0.1) is 0 Å². The lowest BCUT2D eigenvalue weighted by atomic mass is 10.2. The van der Waals surface area contributed by atoms with Crippen LogP contribution in [0.2, 0.25) is 0 Å². The average molecular weight is 403 g/mol. The molecule has 0 bridgehead atoms. The molecule has 24 heavy (non-hydrogen) atoms. The highest BCUT2D eigenvalue weighted by Crippen LogP contribution is 2.24. The Morgan fingerprint density at radius 3 is 1.96 bits per heavy atom. The highest BCUT2D eigenvalue weighted by molar-refractivity contribution is 9.10. The molecule has 0 aliphatic rings. The van der Waals surface area contributed by atoms with Crippen LogP contribution < -0.4 is 4.90 Å². The Morgan fingerprint density at radius 2 is 1.58 bits per heavy atom. The third kappa shape index (κ3) is 6.09. The van der Waals surface area contributed by atoms with Crippen LogP contribution in [0.25, 0.3) is 0 Å². The normalized spacial score (nSPS) is 11.8. The van der Waals surface area contributed by atoms with Gasteiger partial charge in [-0.1, -0.05) is 0 Å². The molecule has 134 valence electrons. The summed E-state index contributed by atoms with van der Waals surface area (Å²) >= 11 is 3.24. The molecule has 0 saturated carbocycles. The van der Waals surface area contributed by atoms with Crippen molar-refractivity contribution in [1.82, 2.24) is 4.98 Å². The number of amides is 2. The molecule has 1 heterocycles. The topological polar surface area (TPSA) is 89.0 Å². The summed E-state index contributed by atoms with van der Waals surface area (Å²) in [6, 6.07) is 1.41. The van der Waals surface area contributed by atoms with E-state index in [0.717, 1.165) is 0 Å². The minimum Gasteiger partial charge on any atom is -0.443 e. The van der Waals surface area contributed by atoms with Gasteiger partial charge in [-0.2, -0.15) is 4.90 Å². The summed E-state index contributed by atoms with van der Waals surface area (Å²) in [4.78, 5) is 29.7. The Morgan fingerprint density at radius 1 is 1.12 bits per heavy atom. The Bertz CT molecular complexity index is 592. The van der Waals surface area contributed by atoms with Crippen LogP contribution in [0.5, 0.6) is 0 Å². The van der Waals surface area contributed by atoms with Gasteiger partial charge in [-0.25, -0.2) is 14.6 Å². The van der Waals surface area contributed by atoms with Crippen LogP contribution in [0.4, 0.5) is 15.4 Å². The SMILES string of the molecule is CC(C)(C)OC(=O)N(C(=O)OC(C)(C)C)c1cc(CO)c(Br)cn1. The lowest BCUT2D eigenvalue weighted by Gasteiger charge is -2.28. The first-order valence-corrected chi connectivity index (χ1v) is 8.15. The van der Waals surface area contributed by atoms with Crippen LogP contribution in [-0.4, -0.2) is 33.5 Å². The Labute approximate surface area is 150 Å². The number of rotatable bonds is 2. The molecule has 2 amide bonds. The van der Waals surface area contributed by atoms with Gasteiger partial charge in [0.05, 0.1) is 6.61 Å². The number of hydrogen-bond acceptors (Lipinski definition) is 6. The number of pyridine rings is 1. The van der Waals surface area contributed by atoms with Crippen LogP contribution in [-0.2, 0) is 16.1 Å². The van der Waals surface area contributed by atoms with E-state index < -0.39 is 23.4 Å². The zero-order chi connectivity index (χ0) is 18.7. The second-order valence-electron chi connectivity index (χ2n) is 7.09. The van der Waals surface area contributed by atoms with E-state index in [-0.39, 0.29) is 12.4 Å². The molecule has 0 unspecified atom stereocenters. The van der Waals surface area contributed by atoms with Gasteiger partial charge in [0.2, 0.25) is 0 Å². The summed E-state index contributed by atoms with van der Waals surface area (Å²) in [5.74, 6) is 0.00532. The molecule has 1 rings (SSSR count). The standard InChI is InChI=1S/C16H23BrN2O5/c1-15(2,3)23-13(21)19(14(22)24-16(4,5)6)12-7-10(9-20)11(17)8-18-12/h7-8,20H,9H2,1-6H3. The first kappa shape index (κ1) is 20.4. The number of ether oxygens (including phenoxy) is 2. The summed E-state index contributed by atoms with van der Waals surface area (Å²) in [5.41, 5.74) is -1.13. The number of aliphatic hydroxyl groups is 1. The van der Waals surface area contributed by atoms with Gasteiger partial charge in [-0.15, -0.1) is 0 Å². The van der Waals surface area contributed by atoms with Gasteiger partial charge in [-0.3, -0.25) is 0 Å². The fourth-order valence-electron chi connectivity index (χ4n) is 1.59. The Balaban J connectivity index is 3.27. The quantitative estimate of drug-likeness (QED) is 0.803. The van der Waals surface area contributed by atoms with E-state index in [1.54, 1.807) is 41.5 Å². The summed E-state index contributed by atoms with van der Waals surface area (Å²) < 4.78 is 11.1. The molecule has 0 aliphatic carbocycles. The Hall–Kier alpha value is -1.67. The third-order valence-electron chi connectivity index (χ3n) is 2.47. The van der Waals surface area contributed by atoms with Crippen LogP contribution in [0.3, 0.4) is 0 Å². The summed E-state index contributed by atoms with van der Waals surface area (Å²) in [7, 11) is 0. The van der Waals surface area contributed by atoms with E-state index in [1.165, 1.54) is 12.3 Å². The van der Waals surface area contributed by atoms with Crippen molar-refractivity contribution in [2.24, 2.45) is 0 Å². The summed E-state index contributed by atoms with van der Waals surface area (Å²) in [6.45, 7) is 9.84. The van der Waals surface area contributed by atoms with E-state index in [2.05, 4.69) is 20.9 Å². The molecule has 7 nitrogen and oxygen atoms in total. The van der Waals surface area contributed by atoms with E-state index in [4.69, 9.17) is 9.47 Å². The molecule has 1 aromatic rings. The zero-order valence-electron chi connectivity index (χ0n) is 14.7.